The third-order valence-electron chi connectivity index (χ3n) is 5.32. The molecule has 0 spiro atoms. The number of halogens is 1. The van der Waals surface area contributed by atoms with Crippen LogP contribution in [-0.4, -0.2) is 21.8 Å². The minimum absolute atomic E-state index is 0.0148. The minimum atomic E-state index is -0.334. The highest BCUT2D eigenvalue weighted by atomic mass is 32.1. The maximum atomic E-state index is 13.4. The highest BCUT2D eigenvalue weighted by Gasteiger charge is 2.20. The Morgan fingerprint density at radius 3 is 2.44 bits per heavy atom. The fraction of sp³-hybridized carbons (Fsp3) is 0.167. The summed E-state index contributed by atoms with van der Waals surface area (Å²) in [6.45, 7) is 1.77. The van der Waals surface area contributed by atoms with Gasteiger partial charge in [-0.2, -0.15) is 0 Å². The second-order valence-electron chi connectivity index (χ2n) is 7.37. The molecular formula is C24H23FN4O2S. The first-order chi connectivity index (χ1) is 15.5. The zero-order valence-corrected chi connectivity index (χ0v) is 18.5. The van der Waals surface area contributed by atoms with Gasteiger partial charge in [-0.05, 0) is 48.2 Å². The third-order valence-corrected chi connectivity index (χ3v) is 6.25. The molecule has 0 saturated carbocycles. The van der Waals surface area contributed by atoms with Crippen molar-refractivity contribution in [2.24, 2.45) is 7.05 Å². The van der Waals surface area contributed by atoms with Gasteiger partial charge in [0.1, 0.15) is 11.5 Å². The largest absolute Gasteiger partial charge is 0.319 e. The Hall–Kier alpha value is -3.49. The summed E-state index contributed by atoms with van der Waals surface area (Å²) in [6.07, 6.45) is 0. The molecule has 6 nitrogen and oxygen atoms in total. The standard InChI is InChI=1S/C24H23FN4O2S/c1-16-22(24(31)29(28(16)2)19-7-4-3-5-8-19)27-21(30)15-26-23(20-9-6-14-32-20)17-10-12-18(25)13-11-17/h3-14,23,26H,15H2,1-2H3,(H,27,30)/t23-/m0/s1. The van der Waals surface area contributed by atoms with Crippen molar-refractivity contribution >= 4 is 22.9 Å². The minimum Gasteiger partial charge on any atom is -0.319 e. The van der Waals surface area contributed by atoms with Gasteiger partial charge in [-0.25, -0.2) is 9.07 Å². The topological polar surface area (TPSA) is 68.1 Å². The Bertz CT molecular complexity index is 1260. The molecule has 0 aliphatic carbocycles. The molecule has 0 bridgehead atoms. The summed E-state index contributed by atoms with van der Waals surface area (Å²) in [4.78, 5) is 26.8. The van der Waals surface area contributed by atoms with E-state index in [1.807, 2.05) is 47.8 Å². The van der Waals surface area contributed by atoms with E-state index in [-0.39, 0.29) is 35.6 Å². The molecule has 0 unspecified atom stereocenters. The van der Waals surface area contributed by atoms with Crippen LogP contribution in [0.25, 0.3) is 5.69 Å². The molecule has 1 amide bonds. The van der Waals surface area contributed by atoms with Crippen molar-refractivity contribution in [2.45, 2.75) is 13.0 Å². The van der Waals surface area contributed by atoms with Crippen LogP contribution in [0.5, 0.6) is 0 Å². The Morgan fingerprint density at radius 2 is 1.78 bits per heavy atom. The van der Waals surface area contributed by atoms with Crippen LogP contribution in [0, 0.1) is 12.7 Å². The van der Waals surface area contributed by atoms with Crippen LogP contribution in [0.1, 0.15) is 22.2 Å². The fourth-order valence-electron chi connectivity index (χ4n) is 3.58. The van der Waals surface area contributed by atoms with Crippen LogP contribution in [0.3, 0.4) is 0 Å². The maximum absolute atomic E-state index is 13.4. The number of benzene rings is 2. The average molecular weight is 451 g/mol. The van der Waals surface area contributed by atoms with Gasteiger partial charge < -0.3 is 5.32 Å². The van der Waals surface area contributed by atoms with E-state index < -0.39 is 0 Å². The van der Waals surface area contributed by atoms with Gasteiger partial charge in [0.25, 0.3) is 5.56 Å². The molecule has 8 heteroatoms. The molecule has 2 heterocycles. The van der Waals surface area contributed by atoms with Crippen LogP contribution in [0.15, 0.2) is 76.9 Å². The highest BCUT2D eigenvalue weighted by Crippen LogP contribution is 2.26. The summed E-state index contributed by atoms with van der Waals surface area (Å²) in [6, 6.07) is 19.1. The maximum Gasteiger partial charge on any atom is 0.295 e. The lowest BCUT2D eigenvalue weighted by Crippen LogP contribution is -2.33. The van der Waals surface area contributed by atoms with Gasteiger partial charge in [-0.1, -0.05) is 36.4 Å². The molecule has 0 aliphatic rings. The van der Waals surface area contributed by atoms with Crippen LogP contribution in [0.2, 0.25) is 0 Å². The summed E-state index contributed by atoms with van der Waals surface area (Å²) < 4.78 is 16.6. The van der Waals surface area contributed by atoms with Crippen molar-refractivity contribution in [3.63, 3.8) is 0 Å². The SMILES string of the molecule is Cc1c(NC(=O)CN[C@@H](c2ccc(F)cc2)c2cccs2)c(=O)n(-c2ccccc2)n1C. The lowest BCUT2D eigenvalue weighted by Gasteiger charge is -2.18. The molecule has 0 aliphatic heterocycles. The van der Waals surface area contributed by atoms with E-state index in [9.17, 15) is 14.0 Å². The molecule has 4 rings (SSSR count). The lowest BCUT2D eigenvalue weighted by atomic mass is 10.1. The highest BCUT2D eigenvalue weighted by molar-refractivity contribution is 7.10. The molecule has 0 radical (unpaired) electrons. The monoisotopic (exact) mass is 450 g/mol. The van der Waals surface area contributed by atoms with Crippen LogP contribution in [0.4, 0.5) is 10.1 Å². The number of amides is 1. The summed E-state index contributed by atoms with van der Waals surface area (Å²) >= 11 is 1.55. The Kier molecular flexibility index (Phi) is 6.34. The van der Waals surface area contributed by atoms with E-state index in [1.54, 1.807) is 42.1 Å². The van der Waals surface area contributed by atoms with Gasteiger partial charge in [0.2, 0.25) is 5.91 Å². The van der Waals surface area contributed by atoms with Gasteiger partial charge in [-0.15, -0.1) is 11.3 Å². The molecule has 2 N–H and O–H groups in total. The quantitative estimate of drug-likeness (QED) is 0.447. The predicted molar refractivity (Wildman–Crippen MR) is 125 cm³/mol. The molecule has 1 atom stereocenters. The Morgan fingerprint density at radius 1 is 1.06 bits per heavy atom. The van der Waals surface area contributed by atoms with E-state index in [0.29, 0.717) is 5.69 Å². The fourth-order valence-corrected chi connectivity index (χ4v) is 4.41. The first-order valence-electron chi connectivity index (χ1n) is 10.1. The molecule has 4 aromatic rings. The number of rotatable bonds is 7. The van der Waals surface area contributed by atoms with Crippen molar-refractivity contribution < 1.29 is 9.18 Å². The van der Waals surface area contributed by atoms with Crippen LogP contribution >= 0.6 is 11.3 Å². The van der Waals surface area contributed by atoms with Crippen LogP contribution in [-0.2, 0) is 11.8 Å². The molecular weight excluding hydrogens is 427 g/mol. The first-order valence-corrected chi connectivity index (χ1v) is 11.0. The second-order valence-corrected chi connectivity index (χ2v) is 8.34. The number of para-hydroxylation sites is 1. The van der Waals surface area contributed by atoms with Crippen molar-refractivity contribution in [1.82, 2.24) is 14.7 Å². The number of carbonyl (C=O) groups excluding carboxylic acids is 1. The number of thiophene rings is 1. The number of hydrogen-bond donors (Lipinski definition) is 2. The number of anilines is 1. The number of hydrogen-bond acceptors (Lipinski definition) is 4. The van der Waals surface area contributed by atoms with E-state index >= 15 is 0 Å². The lowest BCUT2D eigenvalue weighted by molar-refractivity contribution is -0.115. The summed E-state index contributed by atoms with van der Waals surface area (Å²) in [7, 11) is 1.78. The van der Waals surface area contributed by atoms with Crippen molar-refractivity contribution in [3.05, 3.63) is 104 Å². The molecule has 0 fully saturated rings. The summed E-state index contributed by atoms with van der Waals surface area (Å²) in [5, 5.41) is 7.94. The molecule has 32 heavy (non-hydrogen) atoms. The summed E-state index contributed by atoms with van der Waals surface area (Å²) in [5.74, 6) is -0.648. The molecule has 2 aromatic heterocycles. The number of nitrogens with zero attached hydrogens (tertiary/aromatic N) is 2. The third kappa shape index (κ3) is 4.42. The van der Waals surface area contributed by atoms with Gasteiger partial charge >= 0.3 is 0 Å². The first kappa shape index (κ1) is 21.7. The molecule has 0 saturated heterocycles. The second kappa shape index (κ2) is 9.33. The van der Waals surface area contributed by atoms with Gasteiger partial charge in [0.05, 0.1) is 24.0 Å². The smallest absolute Gasteiger partial charge is 0.295 e. The van der Waals surface area contributed by atoms with Crippen molar-refractivity contribution in [3.8, 4) is 5.69 Å². The van der Waals surface area contributed by atoms with E-state index in [1.165, 1.54) is 16.8 Å². The van der Waals surface area contributed by atoms with Crippen LogP contribution < -0.4 is 16.2 Å². The molecule has 164 valence electrons. The van der Waals surface area contributed by atoms with E-state index in [0.717, 1.165) is 16.1 Å². The summed E-state index contributed by atoms with van der Waals surface area (Å²) in [5.41, 5.74) is 2.18. The number of carbonyl (C=O) groups is 1. The normalized spacial score (nSPS) is 12.0. The predicted octanol–water partition coefficient (Wildman–Crippen LogP) is 4.00. The average Bonchev–Trinajstić information content (AvgIpc) is 3.39. The molecule has 2 aromatic carbocycles. The number of nitrogens with one attached hydrogen (secondary N) is 2. The van der Waals surface area contributed by atoms with Crippen molar-refractivity contribution in [1.29, 1.82) is 0 Å². The van der Waals surface area contributed by atoms with E-state index in [2.05, 4.69) is 10.6 Å². The zero-order chi connectivity index (χ0) is 22.7. The number of aromatic nitrogens is 2. The zero-order valence-electron chi connectivity index (χ0n) is 17.7. The van der Waals surface area contributed by atoms with Crippen molar-refractivity contribution in [2.75, 3.05) is 11.9 Å². The Labute approximate surface area is 188 Å². The van der Waals surface area contributed by atoms with Gasteiger partial charge in [0, 0.05) is 11.9 Å². The van der Waals surface area contributed by atoms with E-state index in [4.69, 9.17) is 0 Å². The van der Waals surface area contributed by atoms with Gasteiger partial charge in [0.15, 0.2) is 0 Å². The van der Waals surface area contributed by atoms with Gasteiger partial charge in [-0.3, -0.25) is 19.6 Å². The Balaban J connectivity index is 1.52.